The summed E-state index contributed by atoms with van der Waals surface area (Å²) in [7, 11) is 0. The SMILES string of the molecule is [2H]C([2H])([2H])c1c[c-]c(-c2ccc(C([2H])([2H])C(C)(C)C)cn2)cc1-c1ccccc1.[2H]C([2H])([2H])c1ccc2oc3c(-c4cc(-c5ccc(C6([2H])CCC(C)(C)CC6)cc5C([2H])([2H])[2H])c(C([2H])([2H])[2H])cn4)[c-]ccc3c2c1.[Ir]. The monoisotopic (exact) mass is 995 g/mol. The van der Waals surface area contributed by atoms with Crippen LogP contribution in [0.3, 0.4) is 0 Å². The van der Waals surface area contributed by atoms with E-state index in [9.17, 15) is 1.37 Å². The van der Waals surface area contributed by atoms with Crippen LogP contribution in [0, 0.1) is 50.4 Å². The molecule has 0 spiro atoms. The number of hydrogen-bond acceptors (Lipinski definition) is 3. The van der Waals surface area contributed by atoms with Crippen LogP contribution in [-0.2, 0) is 26.5 Å². The summed E-state index contributed by atoms with van der Waals surface area (Å²) in [6, 6.07) is 37.0. The summed E-state index contributed by atoms with van der Waals surface area (Å²) in [5, 5.41) is 1.25. The van der Waals surface area contributed by atoms with Crippen LogP contribution in [0.5, 0.6) is 0 Å². The summed E-state index contributed by atoms with van der Waals surface area (Å²) in [5.41, 5.74) is 5.71. The van der Waals surface area contributed by atoms with Gasteiger partial charge in [0.25, 0.3) is 0 Å². The number of aryl methyl sites for hydroxylation is 4. The maximum atomic E-state index is 9.24. The molecule has 0 amide bonds. The van der Waals surface area contributed by atoms with E-state index < -0.39 is 45.1 Å². The number of hydrogen-bond donors (Lipinski definition) is 0. The van der Waals surface area contributed by atoms with E-state index in [1.807, 2.05) is 51.1 Å². The molecule has 4 heteroatoms. The summed E-state index contributed by atoms with van der Waals surface area (Å²) in [6.07, 6.45) is 4.16. The maximum absolute atomic E-state index is 9.24. The largest absolute Gasteiger partial charge is 0.501 e. The van der Waals surface area contributed by atoms with Crippen LogP contribution >= 0.6 is 0 Å². The first kappa shape index (κ1) is 28.4. The summed E-state index contributed by atoms with van der Waals surface area (Å²) in [6.45, 7) is 0.190. The second-order valence-corrected chi connectivity index (χ2v) is 17.4. The molecular weight excluding hydrogens is 921 g/mol. The standard InChI is InChI=1S/C34H34NO.C23H24N.Ir/c1-21-9-12-32-30(17-21)27-7-6-8-28(33(27)36-32)31-19-29(23(3)20-35-31)26-11-10-25(18-22(26)2)24-13-15-34(4,5)16-14-24;1-17-10-12-20(14-21(17)19-8-6-5-7-9-19)22-13-11-18(16-24-22)15-23(2,3)4;/h6-7,9-12,17-20,24H,13-16H2,1-5H3;5-11,13-14,16H,15H2,1-4H3;/q2*-1;/i1D3,2D3,3D3,24D;1D3,15D2;. The Morgan fingerprint density at radius 3 is 2.26 bits per heavy atom. The minimum absolute atomic E-state index is 0. The van der Waals surface area contributed by atoms with Gasteiger partial charge in [0.2, 0.25) is 0 Å². The predicted molar refractivity (Wildman–Crippen MR) is 252 cm³/mol. The third kappa shape index (κ3) is 9.99. The normalized spacial score (nSPS) is 19.3. The van der Waals surface area contributed by atoms with Crippen molar-refractivity contribution in [3.8, 4) is 44.8 Å². The molecule has 5 aromatic carbocycles. The first-order chi connectivity index (χ1) is 34.7. The molecule has 3 heterocycles. The summed E-state index contributed by atoms with van der Waals surface area (Å²) in [4.78, 5) is 8.92. The second kappa shape index (κ2) is 18.1. The smallest absolute Gasteiger partial charge is 0.120 e. The molecule has 1 fully saturated rings. The van der Waals surface area contributed by atoms with Crippen LogP contribution in [0.1, 0.15) is 120 Å². The maximum Gasteiger partial charge on any atom is 0.120 e. The first-order valence-electron chi connectivity index (χ1n) is 27.8. The zero-order valence-electron chi connectivity index (χ0n) is 50.0. The van der Waals surface area contributed by atoms with E-state index in [-0.39, 0.29) is 58.9 Å². The van der Waals surface area contributed by atoms with Crippen molar-refractivity contribution in [2.45, 2.75) is 100.0 Å². The molecule has 0 aliphatic heterocycles. The van der Waals surface area contributed by atoms with Gasteiger partial charge in [0.15, 0.2) is 0 Å². The van der Waals surface area contributed by atoms with Crippen molar-refractivity contribution >= 4 is 21.9 Å². The Morgan fingerprint density at radius 1 is 0.754 bits per heavy atom. The molecule has 0 unspecified atom stereocenters. The van der Waals surface area contributed by atoms with Crippen molar-refractivity contribution in [2.75, 3.05) is 0 Å². The fraction of sp³-hybridized carbons (Fsp3) is 0.298. The Bertz CT molecular complexity index is 3380. The Morgan fingerprint density at radius 2 is 1.54 bits per heavy atom. The van der Waals surface area contributed by atoms with Gasteiger partial charge < -0.3 is 14.4 Å². The Labute approximate surface area is 398 Å². The third-order valence-electron chi connectivity index (χ3n) is 11.1. The van der Waals surface area contributed by atoms with Crippen molar-refractivity contribution in [3.05, 3.63) is 167 Å². The first-order valence-corrected chi connectivity index (χ1v) is 20.3. The summed E-state index contributed by atoms with van der Waals surface area (Å²) < 4.78 is 129. The van der Waals surface area contributed by atoms with Crippen LogP contribution < -0.4 is 0 Å². The minimum Gasteiger partial charge on any atom is -0.501 e. The molecule has 61 heavy (non-hydrogen) atoms. The van der Waals surface area contributed by atoms with Gasteiger partial charge in [-0.15, -0.1) is 47.5 Å². The quantitative estimate of drug-likeness (QED) is 0.156. The molecule has 3 aromatic heterocycles. The molecule has 0 bridgehead atoms. The number of fused-ring (bicyclic) bond motifs is 3. The second-order valence-electron chi connectivity index (χ2n) is 17.4. The topological polar surface area (TPSA) is 38.9 Å². The van der Waals surface area contributed by atoms with E-state index >= 15 is 0 Å². The Balaban J connectivity index is 0.000000242. The predicted octanol–water partition coefficient (Wildman–Crippen LogP) is 15.8. The molecule has 0 saturated heterocycles. The van der Waals surface area contributed by atoms with Crippen molar-refractivity contribution < 1.29 is 45.1 Å². The average Bonchev–Trinajstić information content (AvgIpc) is 3.72. The third-order valence-corrected chi connectivity index (χ3v) is 11.1. The van der Waals surface area contributed by atoms with Crippen LogP contribution in [0.25, 0.3) is 66.7 Å². The summed E-state index contributed by atoms with van der Waals surface area (Å²) >= 11 is 0. The van der Waals surface area contributed by atoms with E-state index in [1.165, 1.54) is 18.3 Å². The van der Waals surface area contributed by atoms with Gasteiger partial charge in [-0.25, -0.2) is 0 Å². The molecule has 0 atom stereocenters. The minimum atomic E-state index is -2.60. The van der Waals surface area contributed by atoms with E-state index in [0.29, 0.717) is 74.0 Å². The molecule has 8 aromatic rings. The van der Waals surface area contributed by atoms with Crippen LogP contribution in [0.2, 0.25) is 0 Å². The molecule has 3 nitrogen and oxygen atoms in total. The van der Waals surface area contributed by atoms with Gasteiger partial charge in [-0.05, 0) is 132 Å². The number of furan rings is 1. The fourth-order valence-electron chi connectivity index (χ4n) is 7.82. The van der Waals surface area contributed by atoms with Gasteiger partial charge in [-0.1, -0.05) is 136 Å². The van der Waals surface area contributed by atoms with Gasteiger partial charge in [0.05, 0.1) is 5.58 Å². The van der Waals surface area contributed by atoms with E-state index in [4.69, 9.17) is 23.6 Å². The number of aromatic nitrogens is 2. The number of benzene rings is 5. The molecular formula is C57H58IrN2O-2. The van der Waals surface area contributed by atoms with Crippen LogP contribution in [0.15, 0.2) is 126 Å². The van der Waals surface area contributed by atoms with Crippen LogP contribution in [0.4, 0.5) is 0 Å². The van der Waals surface area contributed by atoms with E-state index in [2.05, 4.69) is 35.9 Å². The summed E-state index contributed by atoms with van der Waals surface area (Å²) in [5.74, 6) is -0.935. The Hall–Kier alpha value is -5.15. The fourth-order valence-corrected chi connectivity index (χ4v) is 7.82. The van der Waals surface area contributed by atoms with Gasteiger partial charge in [-0.2, -0.15) is 0 Å². The zero-order valence-corrected chi connectivity index (χ0v) is 37.4. The van der Waals surface area contributed by atoms with Gasteiger partial charge in [0.1, 0.15) is 5.58 Å². The Kier molecular flexibility index (Phi) is 8.42. The molecule has 313 valence electrons. The van der Waals surface area contributed by atoms with Crippen molar-refractivity contribution in [1.82, 2.24) is 9.97 Å². The molecule has 1 aliphatic rings. The van der Waals surface area contributed by atoms with Crippen molar-refractivity contribution in [1.29, 1.82) is 0 Å². The molecule has 1 saturated carbocycles. The van der Waals surface area contributed by atoms with Crippen LogP contribution in [-0.4, -0.2) is 9.97 Å². The molecule has 1 aliphatic carbocycles. The average molecular weight is 994 g/mol. The molecule has 1 radical (unpaired) electrons. The van der Waals surface area contributed by atoms with E-state index in [0.717, 1.165) is 18.4 Å². The van der Waals surface area contributed by atoms with Gasteiger partial charge in [0, 0.05) is 58.4 Å². The molecule has 9 rings (SSSR count). The van der Waals surface area contributed by atoms with Crippen molar-refractivity contribution in [2.24, 2.45) is 10.8 Å². The zero-order chi connectivity index (χ0) is 54.9. The number of rotatable bonds is 6. The molecule has 0 N–H and O–H groups in total. The van der Waals surface area contributed by atoms with Crippen molar-refractivity contribution in [3.63, 3.8) is 0 Å². The number of pyridine rings is 2. The van der Waals surface area contributed by atoms with E-state index in [1.54, 1.807) is 72.9 Å². The van der Waals surface area contributed by atoms with Gasteiger partial charge in [-0.3, -0.25) is 0 Å². The van der Waals surface area contributed by atoms with Gasteiger partial charge >= 0.3 is 0 Å². The number of nitrogens with zero attached hydrogens (tertiary/aromatic N) is 2.